The molecule has 0 radical (unpaired) electrons. The van der Waals surface area contributed by atoms with E-state index in [2.05, 4.69) is 0 Å². The number of hydrogen-bond donors (Lipinski definition) is 1. The van der Waals surface area contributed by atoms with Crippen LogP contribution in [0.2, 0.25) is 0 Å². The maximum absolute atomic E-state index is 13.5. The molecule has 8 nitrogen and oxygen atoms in total. The summed E-state index contributed by atoms with van der Waals surface area (Å²) in [7, 11) is 4.57. The zero-order valence-electron chi connectivity index (χ0n) is 24.8. The standard InChI is InChI=1S/C34H35NO7/c1-19(2)41-26-13-10-23(17-27(26)38-5)31-30(21-8-11-24(36)12-9-21)33(34(37)40-7)35-15-14-22-16-29(42-20(3)4)28(39-6)18-25(22)32(31)35/h8-20,36H,1-7H3. The van der Waals surface area contributed by atoms with Crippen LogP contribution < -0.4 is 18.9 Å². The van der Waals surface area contributed by atoms with E-state index in [0.717, 1.165) is 33.0 Å². The number of methoxy groups -OCH3 is 3. The Balaban J connectivity index is 1.96. The molecule has 42 heavy (non-hydrogen) atoms. The van der Waals surface area contributed by atoms with Crippen LogP contribution in [0.4, 0.5) is 0 Å². The van der Waals surface area contributed by atoms with Crippen molar-refractivity contribution in [3.8, 4) is 51.0 Å². The van der Waals surface area contributed by atoms with Crippen molar-refractivity contribution in [2.24, 2.45) is 0 Å². The summed E-state index contributed by atoms with van der Waals surface area (Å²) in [6, 6.07) is 18.3. The molecule has 5 rings (SSSR count). The Bertz CT molecular complexity index is 1770. The van der Waals surface area contributed by atoms with Gasteiger partial charge in [0.15, 0.2) is 23.0 Å². The van der Waals surface area contributed by atoms with Gasteiger partial charge in [0.1, 0.15) is 11.4 Å². The lowest BCUT2D eigenvalue weighted by Crippen LogP contribution is -2.07. The average Bonchev–Trinajstić information content (AvgIpc) is 3.32. The van der Waals surface area contributed by atoms with Crippen LogP contribution >= 0.6 is 0 Å². The third-order valence-corrected chi connectivity index (χ3v) is 6.91. The topological polar surface area (TPSA) is 87.9 Å². The van der Waals surface area contributed by atoms with Gasteiger partial charge in [0.25, 0.3) is 0 Å². The SMILES string of the molecule is COC(=O)c1c(-c2ccc(O)cc2)c(-c2ccc(OC(C)C)c(OC)c2)c2c3cc(OC)c(OC(C)C)cc3ccn12. The molecule has 0 amide bonds. The van der Waals surface area contributed by atoms with E-state index < -0.39 is 5.97 Å². The highest BCUT2D eigenvalue weighted by molar-refractivity contribution is 6.14. The molecule has 0 spiro atoms. The van der Waals surface area contributed by atoms with E-state index in [1.807, 2.05) is 74.7 Å². The minimum absolute atomic E-state index is 0.0443. The summed E-state index contributed by atoms with van der Waals surface area (Å²) in [5.41, 5.74) is 4.07. The highest BCUT2D eigenvalue weighted by Gasteiger charge is 2.28. The summed E-state index contributed by atoms with van der Waals surface area (Å²) in [5.74, 6) is 1.98. The molecule has 1 N–H and O–H groups in total. The fourth-order valence-corrected chi connectivity index (χ4v) is 5.24. The number of fused-ring (bicyclic) bond motifs is 3. The summed E-state index contributed by atoms with van der Waals surface area (Å²) in [4.78, 5) is 13.5. The lowest BCUT2D eigenvalue weighted by atomic mass is 9.94. The van der Waals surface area contributed by atoms with Gasteiger partial charge in [-0.15, -0.1) is 0 Å². The molecule has 0 bridgehead atoms. The number of pyridine rings is 1. The monoisotopic (exact) mass is 569 g/mol. The molecular formula is C34H35NO7. The Morgan fingerprint density at radius 2 is 1.33 bits per heavy atom. The quantitative estimate of drug-likeness (QED) is 0.184. The van der Waals surface area contributed by atoms with Crippen molar-refractivity contribution >= 4 is 22.3 Å². The predicted molar refractivity (Wildman–Crippen MR) is 163 cm³/mol. The van der Waals surface area contributed by atoms with Gasteiger partial charge in [0.05, 0.1) is 39.1 Å². The van der Waals surface area contributed by atoms with E-state index in [-0.39, 0.29) is 18.0 Å². The van der Waals surface area contributed by atoms with Crippen molar-refractivity contribution in [1.82, 2.24) is 4.40 Å². The molecule has 3 aromatic carbocycles. The molecule has 8 heteroatoms. The summed E-state index contributed by atoms with van der Waals surface area (Å²) >= 11 is 0. The molecule has 0 fully saturated rings. The number of esters is 1. The van der Waals surface area contributed by atoms with E-state index in [9.17, 15) is 9.90 Å². The second kappa shape index (κ2) is 11.6. The van der Waals surface area contributed by atoms with Gasteiger partial charge in [-0.25, -0.2) is 4.79 Å². The maximum Gasteiger partial charge on any atom is 0.355 e. The lowest BCUT2D eigenvalue weighted by Gasteiger charge is -2.16. The number of carbonyl (C=O) groups excluding carboxylic acids is 1. The minimum atomic E-state index is -0.503. The first-order chi connectivity index (χ1) is 20.2. The molecule has 0 atom stereocenters. The maximum atomic E-state index is 13.5. The third kappa shape index (κ3) is 5.16. The van der Waals surface area contributed by atoms with Gasteiger partial charge < -0.3 is 33.2 Å². The van der Waals surface area contributed by atoms with Crippen molar-refractivity contribution in [3.05, 3.63) is 72.6 Å². The molecule has 218 valence electrons. The number of carbonyl (C=O) groups is 1. The van der Waals surface area contributed by atoms with Crippen LogP contribution in [-0.4, -0.2) is 49.0 Å². The fraction of sp³-hybridized carbons (Fsp3) is 0.265. The highest BCUT2D eigenvalue weighted by Crippen LogP contribution is 2.47. The number of benzene rings is 3. The van der Waals surface area contributed by atoms with Gasteiger partial charge in [0, 0.05) is 22.7 Å². The van der Waals surface area contributed by atoms with Crippen LogP contribution in [0.3, 0.4) is 0 Å². The Labute approximate surface area is 245 Å². The second-order valence-corrected chi connectivity index (χ2v) is 10.5. The summed E-state index contributed by atoms with van der Waals surface area (Å²) in [6.07, 6.45) is 1.77. The molecule has 0 aliphatic heterocycles. The molecule has 0 aliphatic rings. The fourth-order valence-electron chi connectivity index (χ4n) is 5.24. The van der Waals surface area contributed by atoms with Crippen molar-refractivity contribution in [3.63, 3.8) is 0 Å². The van der Waals surface area contributed by atoms with Gasteiger partial charge in [-0.1, -0.05) is 18.2 Å². The number of ether oxygens (including phenoxy) is 5. The van der Waals surface area contributed by atoms with Crippen molar-refractivity contribution < 1.29 is 33.6 Å². The number of rotatable bonds is 9. The molecule has 2 heterocycles. The summed E-state index contributed by atoms with van der Waals surface area (Å²) in [5, 5.41) is 11.8. The average molecular weight is 570 g/mol. The Hall–Kier alpha value is -4.85. The van der Waals surface area contributed by atoms with Crippen LogP contribution in [0.1, 0.15) is 38.2 Å². The van der Waals surface area contributed by atoms with E-state index in [0.29, 0.717) is 34.3 Å². The van der Waals surface area contributed by atoms with Crippen LogP contribution in [0.15, 0.2) is 66.9 Å². The minimum Gasteiger partial charge on any atom is -0.508 e. The summed E-state index contributed by atoms with van der Waals surface area (Å²) < 4.78 is 30.7. The van der Waals surface area contributed by atoms with E-state index in [1.165, 1.54) is 7.11 Å². The number of phenols is 1. The van der Waals surface area contributed by atoms with E-state index in [1.54, 1.807) is 38.5 Å². The van der Waals surface area contributed by atoms with Gasteiger partial charge in [-0.2, -0.15) is 0 Å². The van der Waals surface area contributed by atoms with Gasteiger partial charge in [0.2, 0.25) is 0 Å². The molecule has 0 saturated heterocycles. The third-order valence-electron chi connectivity index (χ3n) is 6.91. The normalized spacial score (nSPS) is 11.4. The molecule has 0 saturated carbocycles. The van der Waals surface area contributed by atoms with Crippen LogP contribution in [-0.2, 0) is 4.74 Å². The van der Waals surface area contributed by atoms with E-state index in [4.69, 9.17) is 23.7 Å². The zero-order chi connectivity index (χ0) is 30.1. The largest absolute Gasteiger partial charge is 0.508 e. The van der Waals surface area contributed by atoms with Crippen molar-refractivity contribution in [2.45, 2.75) is 39.9 Å². The first kappa shape index (κ1) is 28.7. The number of phenolic OH excluding ortho intramolecular Hbond substituents is 1. The number of nitrogens with zero attached hydrogens (tertiary/aromatic N) is 1. The van der Waals surface area contributed by atoms with Crippen LogP contribution in [0, 0.1) is 0 Å². The second-order valence-electron chi connectivity index (χ2n) is 10.5. The Morgan fingerprint density at radius 3 is 1.95 bits per heavy atom. The summed E-state index contributed by atoms with van der Waals surface area (Å²) in [6.45, 7) is 7.84. The van der Waals surface area contributed by atoms with Gasteiger partial charge >= 0.3 is 5.97 Å². The molecule has 5 aromatic rings. The zero-order valence-corrected chi connectivity index (χ0v) is 24.8. The van der Waals surface area contributed by atoms with Crippen LogP contribution in [0.25, 0.3) is 38.5 Å². The number of aromatic nitrogens is 1. The molecule has 2 aromatic heterocycles. The highest BCUT2D eigenvalue weighted by atomic mass is 16.5. The molecule has 0 unspecified atom stereocenters. The first-order valence-electron chi connectivity index (χ1n) is 13.7. The molecular weight excluding hydrogens is 534 g/mol. The van der Waals surface area contributed by atoms with Crippen molar-refractivity contribution in [2.75, 3.05) is 21.3 Å². The first-order valence-corrected chi connectivity index (χ1v) is 13.7. The van der Waals surface area contributed by atoms with Gasteiger partial charge in [-0.05, 0) is 86.7 Å². The number of hydrogen-bond acceptors (Lipinski definition) is 7. The number of aromatic hydroxyl groups is 1. The predicted octanol–water partition coefficient (Wildman–Crippen LogP) is 7.51. The van der Waals surface area contributed by atoms with Crippen molar-refractivity contribution in [1.29, 1.82) is 0 Å². The smallest absolute Gasteiger partial charge is 0.355 e. The van der Waals surface area contributed by atoms with Gasteiger partial charge in [-0.3, -0.25) is 0 Å². The van der Waals surface area contributed by atoms with Crippen LogP contribution in [0.5, 0.6) is 28.7 Å². The molecule has 0 aliphatic carbocycles. The lowest BCUT2D eigenvalue weighted by molar-refractivity contribution is 0.0594. The Kier molecular flexibility index (Phi) is 7.89. The Morgan fingerprint density at radius 1 is 0.714 bits per heavy atom. The van der Waals surface area contributed by atoms with E-state index >= 15 is 0 Å².